The first-order chi connectivity index (χ1) is 9.66. The maximum Gasteiger partial charge on any atom is 0.410 e. The van der Waals surface area contributed by atoms with Crippen LogP contribution in [0.4, 0.5) is 4.79 Å². The minimum atomic E-state index is -2.86. The van der Waals surface area contributed by atoms with Crippen molar-refractivity contribution in [3.05, 3.63) is 0 Å². The molecule has 21 heavy (non-hydrogen) atoms. The zero-order valence-electron chi connectivity index (χ0n) is 13.2. The lowest BCUT2D eigenvalue weighted by atomic mass is 10.0. The summed E-state index contributed by atoms with van der Waals surface area (Å²) in [5.41, 5.74) is -0.483. The molecular weight excluding hydrogens is 292 g/mol. The van der Waals surface area contributed by atoms with Crippen LogP contribution < -0.4 is 0 Å². The van der Waals surface area contributed by atoms with Crippen LogP contribution in [0.2, 0.25) is 0 Å². The van der Waals surface area contributed by atoms with E-state index in [4.69, 9.17) is 4.74 Å². The van der Waals surface area contributed by atoms with E-state index in [1.54, 1.807) is 4.90 Å². The Hall–Kier alpha value is -0.820. The summed E-state index contributed by atoms with van der Waals surface area (Å²) in [6.07, 6.45) is 1.68. The topological polar surface area (TPSA) is 66.9 Å². The third kappa shape index (κ3) is 4.85. The molecule has 2 aliphatic heterocycles. The fraction of sp³-hybridized carbons (Fsp3) is 0.929. The average Bonchev–Trinajstić information content (AvgIpc) is 2.37. The van der Waals surface area contributed by atoms with Crippen molar-refractivity contribution in [3.8, 4) is 0 Å². The molecule has 2 heterocycles. The molecule has 2 fully saturated rings. The molecule has 122 valence electrons. The summed E-state index contributed by atoms with van der Waals surface area (Å²) in [7, 11) is -2.86. The van der Waals surface area contributed by atoms with Crippen LogP contribution in [0.25, 0.3) is 0 Å². The maximum absolute atomic E-state index is 12.1. The van der Waals surface area contributed by atoms with E-state index < -0.39 is 15.4 Å². The molecule has 0 bridgehead atoms. The molecule has 0 aromatic rings. The van der Waals surface area contributed by atoms with Gasteiger partial charge in [-0.25, -0.2) is 13.2 Å². The van der Waals surface area contributed by atoms with E-state index in [1.165, 1.54) is 0 Å². The summed E-state index contributed by atoms with van der Waals surface area (Å²) in [4.78, 5) is 16.1. The molecule has 0 saturated carbocycles. The number of rotatable bonds is 1. The highest BCUT2D eigenvalue weighted by atomic mass is 32.2. The summed E-state index contributed by atoms with van der Waals surface area (Å²) in [6, 6.07) is 0.252. The summed E-state index contributed by atoms with van der Waals surface area (Å²) in [5.74, 6) is 0.464. The Bertz CT molecular complexity index is 470. The van der Waals surface area contributed by atoms with Crippen molar-refractivity contribution in [2.45, 2.75) is 45.3 Å². The van der Waals surface area contributed by atoms with E-state index in [0.717, 1.165) is 19.4 Å². The van der Waals surface area contributed by atoms with Crippen LogP contribution in [0.3, 0.4) is 0 Å². The third-order valence-corrected chi connectivity index (χ3v) is 5.55. The lowest BCUT2D eigenvalue weighted by molar-refractivity contribution is 0.0112. The van der Waals surface area contributed by atoms with Crippen LogP contribution in [0.5, 0.6) is 0 Å². The number of amides is 1. The van der Waals surface area contributed by atoms with Gasteiger partial charge in [0.2, 0.25) is 0 Å². The molecule has 0 spiro atoms. The Balaban J connectivity index is 1.90. The normalized spacial score (nSPS) is 27.4. The van der Waals surface area contributed by atoms with Gasteiger partial charge in [0.25, 0.3) is 0 Å². The van der Waals surface area contributed by atoms with Crippen LogP contribution >= 0.6 is 0 Å². The molecule has 1 amide bonds. The molecule has 7 heteroatoms. The van der Waals surface area contributed by atoms with Crippen molar-refractivity contribution in [3.63, 3.8) is 0 Å². The number of ether oxygens (including phenoxy) is 1. The second-order valence-electron chi connectivity index (χ2n) is 6.91. The molecule has 0 aromatic heterocycles. The van der Waals surface area contributed by atoms with E-state index in [2.05, 4.69) is 4.90 Å². The SMILES string of the molecule is CC(C)(C)OC(=O)N1CCCC(N2CCS(=O)(=O)CC2)C1. The Labute approximate surface area is 127 Å². The highest BCUT2D eigenvalue weighted by Gasteiger charge is 2.33. The van der Waals surface area contributed by atoms with Crippen molar-refractivity contribution < 1.29 is 17.9 Å². The minimum Gasteiger partial charge on any atom is -0.444 e. The van der Waals surface area contributed by atoms with Gasteiger partial charge in [-0.3, -0.25) is 4.90 Å². The van der Waals surface area contributed by atoms with Crippen LogP contribution in [0, 0.1) is 0 Å². The summed E-state index contributed by atoms with van der Waals surface area (Å²) in [5, 5.41) is 0. The highest BCUT2D eigenvalue weighted by Crippen LogP contribution is 2.20. The van der Waals surface area contributed by atoms with Gasteiger partial charge >= 0.3 is 6.09 Å². The Morgan fingerprint density at radius 2 is 1.76 bits per heavy atom. The monoisotopic (exact) mass is 318 g/mol. The molecule has 1 unspecified atom stereocenters. The zero-order valence-corrected chi connectivity index (χ0v) is 14.0. The zero-order chi connectivity index (χ0) is 15.7. The molecule has 6 nitrogen and oxygen atoms in total. The van der Waals surface area contributed by atoms with Gasteiger partial charge in [-0.2, -0.15) is 0 Å². The lowest BCUT2D eigenvalue weighted by Gasteiger charge is -2.41. The predicted molar refractivity (Wildman–Crippen MR) is 81.1 cm³/mol. The van der Waals surface area contributed by atoms with Crippen LogP contribution in [-0.2, 0) is 14.6 Å². The average molecular weight is 318 g/mol. The molecule has 0 radical (unpaired) electrons. The van der Waals surface area contributed by atoms with Crippen molar-refractivity contribution in [1.82, 2.24) is 9.80 Å². The number of carbonyl (C=O) groups is 1. The standard InChI is InChI=1S/C14H26N2O4S/c1-14(2,3)20-13(17)16-6-4-5-12(11-16)15-7-9-21(18,19)10-8-15/h12H,4-11H2,1-3H3. The number of carbonyl (C=O) groups excluding carboxylic acids is 1. The lowest BCUT2D eigenvalue weighted by Crippen LogP contribution is -2.54. The smallest absolute Gasteiger partial charge is 0.410 e. The number of hydrogen-bond acceptors (Lipinski definition) is 5. The van der Waals surface area contributed by atoms with Gasteiger partial charge in [0, 0.05) is 32.2 Å². The van der Waals surface area contributed by atoms with Gasteiger partial charge in [-0.15, -0.1) is 0 Å². The summed E-state index contributed by atoms with van der Waals surface area (Å²) in [6.45, 7) is 8.10. The molecule has 2 aliphatic rings. The van der Waals surface area contributed by atoms with Gasteiger partial charge in [0.05, 0.1) is 11.5 Å². The van der Waals surface area contributed by atoms with Gasteiger partial charge in [0.15, 0.2) is 9.84 Å². The highest BCUT2D eigenvalue weighted by molar-refractivity contribution is 7.91. The van der Waals surface area contributed by atoms with E-state index in [0.29, 0.717) is 19.6 Å². The van der Waals surface area contributed by atoms with E-state index in [9.17, 15) is 13.2 Å². The number of sulfone groups is 1. The Morgan fingerprint density at radius 3 is 2.33 bits per heavy atom. The van der Waals surface area contributed by atoms with Crippen molar-refractivity contribution in [2.24, 2.45) is 0 Å². The molecule has 0 N–H and O–H groups in total. The van der Waals surface area contributed by atoms with Gasteiger partial charge in [0.1, 0.15) is 5.60 Å². The first-order valence-corrected chi connectivity index (χ1v) is 9.41. The molecular formula is C14H26N2O4S. The van der Waals surface area contributed by atoms with E-state index in [-0.39, 0.29) is 23.6 Å². The largest absolute Gasteiger partial charge is 0.444 e. The Kier molecular flexibility index (Phi) is 4.82. The quantitative estimate of drug-likeness (QED) is 0.725. The first kappa shape index (κ1) is 16.5. The van der Waals surface area contributed by atoms with Crippen molar-refractivity contribution in [1.29, 1.82) is 0 Å². The molecule has 2 saturated heterocycles. The predicted octanol–water partition coefficient (Wildman–Crippen LogP) is 1.12. The van der Waals surface area contributed by atoms with Crippen molar-refractivity contribution >= 4 is 15.9 Å². The molecule has 2 rings (SSSR count). The number of hydrogen-bond donors (Lipinski definition) is 0. The first-order valence-electron chi connectivity index (χ1n) is 7.59. The van der Waals surface area contributed by atoms with Crippen LogP contribution in [0.15, 0.2) is 0 Å². The van der Waals surface area contributed by atoms with E-state index in [1.807, 2.05) is 20.8 Å². The fourth-order valence-corrected chi connectivity index (χ4v) is 4.07. The third-order valence-electron chi connectivity index (χ3n) is 3.94. The minimum absolute atomic E-state index is 0.232. The molecule has 0 aromatic carbocycles. The second kappa shape index (κ2) is 6.12. The van der Waals surface area contributed by atoms with Gasteiger partial charge in [-0.05, 0) is 33.6 Å². The number of likely N-dealkylation sites (tertiary alicyclic amines) is 1. The van der Waals surface area contributed by atoms with Crippen molar-refractivity contribution in [2.75, 3.05) is 37.7 Å². The van der Waals surface area contributed by atoms with Crippen LogP contribution in [0.1, 0.15) is 33.6 Å². The number of piperidine rings is 1. The Morgan fingerprint density at radius 1 is 1.14 bits per heavy atom. The molecule has 0 aliphatic carbocycles. The number of nitrogens with zero attached hydrogens (tertiary/aromatic N) is 2. The maximum atomic E-state index is 12.1. The second-order valence-corrected chi connectivity index (χ2v) is 9.21. The fourth-order valence-electron chi connectivity index (χ4n) is 2.84. The molecule has 1 atom stereocenters. The van der Waals surface area contributed by atoms with Gasteiger partial charge < -0.3 is 9.64 Å². The van der Waals surface area contributed by atoms with E-state index >= 15 is 0 Å². The summed E-state index contributed by atoms with van der Waals surface area (Å²) < 4.78 is 28.4. The van der Waals surface area contributed by atoms with Gasteiger partial charge in [-0.1, -0.05) is 0 Å². The van der Waals surface area contributed by atoms with Crippen LogP contribution in [-0.4, -0.2) is 73.6 Å². The summed E-state index contributed by atoms with van der Waals surface area (Å²) >= 11 is 0.